The minimum Gasteiger partial charge on any atom is -0.370 e. The smallest absolute Gasteiger partial charge is 0.234 e. The molecule has 1 atom stereocenters. The van der Waals surface area contributed by atoms with E-state index in [1.807, 2.05) is 6.92 Å². The van der Waals surface area contributed by atoms with E-state index in [-0.39, 0.29) is 11.5 Å². The molecule has 0 amide bonds. The third kappa shape index (κ3) is 2.61. The van der Waals surface area contributed by atoms with E-state index >= 15 is 0 Å². The molecule has 0 aromatic carbocycles. The van der Waals surface area contributed by atoms with E-state index < -0.39 is 0 Å². The van der Waals surface area contributed by atoms with Crippen molar-refractivity contribution in [2.45, 2.75) is 63.4 Å². The van der Waals surface area contributed by atoms with Crippen molar-refractivity contribution in [1.82, 2.24) is 10.1 Å². The van der Waals surface area contributed by atoms with Crippen LogP contribution in [0.2, 0.25) is 0 Å². The van der Waals surface area contributed by atoms with Crippen LogP contribution >= 0.6 is 0 Å². The van der Waals surface area contributed by atoms with Crippen LogP contribution in [0.25, 0.3) is 0 Å². The lowest BCUT2D eigenvalue weighted by atomic mass is 9.74. The molecule has 112 valence electrons. The molecular weight excluding hydrogens is 254 g/mol. The summed E-state index contributed by atoms with van der Waals surface area (Å²) in [6.07, 6.45) is 8.23. The Kier molecular flexibility index (Phi) is 4.08. The third-order valence-electron chi connectivity index (χ3n) is 4.75. The standard InChI is InChI=1S/C15H25N3O2/c1-2-19-12(11-6-7-11)13-17-14(20-18-13)15(10-16)8-4-3-5-9-15/h11-12H,2-10,16H2,1H3. The van der Waals surface area contributed by atoms with Gasteiger partial charge in [0.05, 0.1) is 5.41 Å². The molecule has 0 aliphatic heterocycles. The molecule has 2 N–H and O–H groups in total. The molecular formula is C15H25N3O2. The summed E-state index contributed by atoms with van der Waals surface area (Å²) >= 11 is 0. The highest BCUT2D eigenvalue weighted by molar-refractivity contribution is 5.09. The van der Waals surface area contributed by atoms with Crippen molar-refractivity contribution in [3.8, 4) is 0 Å². The Bertz CT molecular complexity index is 436. The molecule has 1 aromatic heterocycles. The van der Waals surface area contributed by atoms with E-state index in [0.717, 1.165) is 24.6 Å². The van der Waals surface area contributed by atoms with Crippen molar-refractivity contribution in [3.05, 3.63) is 11.7 Å². The van der Waals surface area contributed by atoms with Crippen LogP contribution in [-0.4, -0.2) is 23.3 Å². The van der Waals surface area contributed by atoms with Crippen LogP contribution in [-0.2, 0) is 10.2 Å². The van der Waals surface area contributed by atoms with Gasteiger partial charge in [-0.25, -0.2) is 0 Å². The topological polar surface area (TPSA) is 74.2 Å². The van der Waals surface area contributed by atoms with Crippen LogP contribution in [0.15, 0.2) is 4.52 Å². The predicted octanol–water partition coefficient (Wildman–Crippen LogP) is 2.72. The van der Waals surface area contributed by atoms with E-state index in [1.54, 1.807) is 0 Å². The van der Waals surface area contributed by atoms with Crippen molar-refractivity contribution >= 4 is 0 Å². The van der Waals surface area contributed by atoms with Crippen LogP contribution in [0.5, 0.6) is 0 Å². The molecule has 2 aliphatic carbocycles. The number of nitrogens with two attached hydrogens (primary N) is 1. The van der Waals surface area contributed by atoms with Crippen molar-refractivity contribution in [3.63, 3.8) is 0 Å². The van der Waals surface area contributed by atoms with Crippen LogP contribution in [0.4, 0.5) is 0 Å². The Labute approximate surface area is 120 Å². The van der Waals surface area contributed by atoms with Crippen LogP contribution in [0.1, 0.15) is 69.7 Å². The third-order valence-corrected chi connectivity index (χ3v) is 4.75. The van der Waals surface area contributed by atoms with Gasteiger partial charge >= 0.3 is 0 Å². The second-order valence-electron chi connectivity index (χ2n) is 6.22. The Hall–Kier alpha value is -0.940. The molecule has 0 radical (unpaired) electrons. The number of hydrogen-bond donors (Lipinski definition) is 1. The molecule has 0 bridgehead atoms. The second kappa shape index (κ2) is 5.82. The summed E-state index contributed by atoms with van der Waals surface area (Å²) in [5.41, 5.74) is 5.93. The normalized spacial score (nSPS) is 23.7. The first-order chi connectivity index (χ1) is 9.79. The largest absolute Gasteiger partial charge is 0.370 e. The highest BCUT2D eigenvalue weighted by atomic mass is 16.5. The summed E-state index contributed by atoms with van der Waals surface area (Å²) in [5.74, 6) is 2.03. The average molecular weight is 279 g/mol. The molecule has 1 aromatic rings. The molecule has 20 heavy (non-hydrogen) atoms. The van der Waals surface area contributed by atoms with Crippen molar-refractivity contribution in [1.29, 1.82) is 0 Å². The average Bonchev–Trinajstić information content (AvgIpc) is 3.21. The van der Waals surface area contributed by atoms with Crippen molar-refractivity contribution < 1.29 is 9.26 Å². The maximum absolute atomic E-state index is 6.03. The SMILES string of the molecule is CCOC(c1noc(C2(CN)CCCCC2)n1)C1CC1. The Morgan fingerprint density at radius 2 is 2.10 bits per heavy atom. The number of ether oxygens (including phenoxy) is 1. The summed E-state index contributed by atoms with van der Waals surface area (Å²) in [6.45, 7) is 3.29. The maximum Gasteiger partial charge on any atom is 0.234 e. The molecule has 1 heterocycles. The zero-order valence-corrected chi connectivity index (χ0v) is 12.3. The lowest BCUT2D eigenvalue weighted by molar-refractivity contribution is 0.0384. The number of rotatable bonds is 6. The van der Waals surface area contributed by atoms with Gasteiger partial charge in [-0.3, -0.25) is 0 Å². The molecule has 0 saturated heterocycles. The first-order valence-electron chi connectivity index (χ1n) is 7.95. The summed E-state index contributed by atoms with van der Waals surface area (Å²) in [4.78, 5) is 4.67. The fraction of sp³-hybridized carbons (Fsp3) is 0.867. The Morgan fingerprint density at radius 3 is 2.70 bits per heavy atom. The molecule has 2 fully saturated rings. The monoisotopic (exact) mass is 279 g/mol. The number of aromatic nitrogens is 2. The summed E-state index contributed by atoms with van der Waals surface area (Å²) in [5, 5.41) is 4.20. The lowest BCUT2D eigenvalue weighted by Crippen LogP contribution is -2.37. The first kappa shape index (κ1) is 14.0. The fourth-order valence-electron chi connectivity index (χ4n) is 3.30. The molecule has 2 aliphatic rings. The van der Waals surface area contributed by atoms with Gasteiger partial charge in [0.1, 0.15) is 6.10 Å². The van der Waals surface area contributed by atoms with Crippen molar-refractivity contribution in [2.24, 2.45) is 11.7 Å². The molecule has 1 unspecified atom stereocenters. The highest BCUT2D eigenvalue weighted by Gasteiger charge is 2.41. The number of nitrogens with zero attached hydrogens (tertiary/aromatic N) is 2. The molecule has 5 nitrogen and oxygen atoms in total. The van der Waals surface area contributed by atoms with Gasteiger partial charge in [0.15, 0.2) is 0 Å². The van der Waals surface area contributed by atoms with Gasteiger partial charge < -0.3 is 15.0 Å². The zero-order chi connectivity index (χ0) is 14.0. The lowest BCUT2D eigenvalue weighted by Gasteiger charge is -2.32. The quantitative estimate of drug-likeness (QED) is 0.866. The molecule has 2 saturated carbocycles. The van der Waals surface area contributed by atoms with Gasteiger partial charge in [-0.2, -0.15) is 4.98 Å². The fourth-order valence-corrected chi connectivity index (χ4v) is 3.30. The van der Waals surface area contributed by atoms with Gasteiger partial charge in [0.2, 0.25) is 11.7 Å². The predicted molar refractivity (Wildman–Crippen MR) is 75.2 cm³/mol. The minimum absolute atomic E-state index is 0.0101. The maximum atomic E-state index is 6.03. The van der Waals surface area contributed by atoms with E-state index in [2.05, 4.69) is 10.1 Å². The van der Waals surface area contributed by atoms with E-state index in [9.17, 15) is 0 Å². The summed E-state index contributed by atoms with van der Waals surface area (Å²) in [7, 11) is 0. The van der Waals surface area contributed by atoms with E-state index in [4.69, 9.17) is 15.0 Å². The second-order valence-corrected chi connectivity index (χ2v) is 6.22. The summed E-state index contributed by atoms with van der Waals surface area (Å²) in [6, 6.07) is 0. The van der Waals surface area contributed by atoms with Gasteiger partial charge in [-0.1, -0.05) is 24.4 Å². The minimum atomic E-state index is -0.0934. The van der Waals surface area contributed by atoms with Gasteiger partial charge in [-0.15, -0.1) is 0 Å². The van der Waals surface area contributed by atoms with Crippen molar-refractivity contribution in [2.75, 3.05) is 13.2 Å². The Balaban J connectivity index is 1.80. The number of hydrogen-bond acceptors (Lipinski definition) is 5. The zero-order valence-electron chi connectivity index (χ0n) is 12.3. The van der Waals surface area contributed by atoms with Crippen LogP contribution in [0.3, 0.4) is 0 Å². The molecule has 0 spiro atoms. The molecule has 5 heteroatoms. The Morgan fingerprint density at radius 1 is 1.35 bits per heavy atom. The van der Waals surface area contributed by atoms with E-state index in [0.29, 0.717) is 19.1 Å². The summed E-state index contributed by atoms with van der Waals surface area (Å²) < 4.78 is 11.4. The van der Waals surface area contributed by atoms with Gasteiger partial charge in [0.25, 0.3) is 0 Å². The van der Waals surface area contributed by atoms with Gasteiger partial charge in [0, 0.05) is 13.2 Å². The molecule has 3 rings (SSSR count). The van der Waals surface area contributed by atoms with Crippen LogP contribution < -0.4 is 5.73 Å². The first-order valence-corrected chi connectivity index (χ1v) is 7.95. The van der Waals surface area contributed by atoms with E-state index in [1.165, 1.54) is 32.1 Å². The van der Waals surface area contributed by atoms with Gasteiger partial charge in [-0.05, 0) is 38.5 Å². The van der Waals surface area contributed by atoms with Crippen LogP contribution in [0, 0.1) is 5.92 Å². The highest BCUT2D eigenvalue weighted by Crippen LogP contribution is 2.43.